The lowest BCUT2D eigenvalue weighted by molar-refractivity contribution is -0.113. The van der Waals surface area contributed by atoms with Crippen LogP contribution in [0.2, 0.25) is 5.02 Å². The van der Waals surface area contributed by atoms with E-state index in [1.54, 1.807) is 6.07 Å². The van der Waals surface area contributed by atoms with Gasteiger partial charge in [0.1, 0.15) is 4.90 Å². The molecule has 1 heterocycles. The van der Waals surface area contributed by atoms with Crippen molar-refractivity contribution in [3.63, 3.8) is 0 Å². The molecule has 0 aliphatic carbocycles. The van der Waals surface area contributed by atoms with Crippen molar-refractivity contribution >= 4 is 45.8 Å². The van der Waals surface area contributed by atoms with E-state index in [0.29, 0.717) is 18.9 Å². The Hall–Kier alpha value is -0.800. The average Bonchev–Trinajstić information content (AvgIpc) is 2.49. The number of thiol groups is 1. The van der Waals surface area contributed by atoms with E-state index in [4.69, 9.17) is 16.3 Å². The van der Waals surface area contributed by atoms with Crippen LogP contribution in [0.1, 0.15) is 0 Å². The lowest BCUT2D eigenvalue weighted by atomic mass is 10.3. The second-order valence-corrected chi connectivity index (χ2v) is 7.00. The van der Waals surface area contributed by atoms with Crippen molar-refractivity contribution in [3.8, 4) is 0 Å². The van der Waals surface area contributed by atoms with E-state index < -0.39 is 10.0 Å². The van der Waals surface area contributed by atoms with Crippen LogP contribution in [0, 0.1) is 0 Å². The molecule has 0 unspecified atom stereocenters. The molecule has 0 aromatic heterocycles. The molecule has 116 valence electrons. The first-order valence-electron chi connectivity index (χ1n) is 6.23. The normalized spacial score (nSPS) is 16.7. The van der Waals surface area contributed by atoms with Crippen LogP contribution in [0.3, 0.4) is 0 Å². The molecule has 0 radical (unpaired) electrons. The molecule has 1 aliphatic rings. The highest BCUT2D eigenvalue weighted by Gasteiger charge is 2.28. The summed E-state index contributed by atoms with van der Waals surface area (Å²) in [5.41, 5.74) is 0.366. The number of ether oxygens (including phenoxy) is 1. The van der Waals surface area contributed by atoms with E-state index in [0.717, 1.165) is 0 Å². The number of sulfonamides is 1. The molecule has 0 spiro atoms. The second kappa shape index (κ2) is 6.97. The molecule has 1 aromatic carbocycles. The predicted octanol–water partition coefficient (Wildman–Crippen LogP) is 1.23. The number of halogens is 1. The van der Waals surface area contributed by atoms with E-state index in [9.17, 15) is 13.2 Å². The van der Waals surface area contributed by atoms with Crippen molar-refractivity contribution < 1.29 is 17.9 Å². The van der Waals surface area contributed by atoms with Crippen LogP contribution in [-0.4, -0.2) is 50.7 Å². The highest BCUT2D eigenvalue weighted by molar-refractivity contribution is 7.89. The van der Waals surface area contributed by atoms with Gasteiger partial charge in [0, 0.05) is 18.8 Å². The molecular weight excluding hydrogens is 336 g/mol. The van der Waals surface area contributed by atoms with Crippen molar-refractivity contribution in [1.29, 1.82) is 0 Å². The van der Waals surface area contributed by atoms with Gasteiger partial charge in [0.05, 0.1) is 24.0 Å². The van der Waals surface area contributed by atoms with Gasteiger partial charge in [-0.25, -0.2) is 8.42 Å². The predicted molar refractivity (Wildman–Crippen MR) is 83.5 cm³/mol. The van der Waals surface area contributed by atoms with Crippen LogP contribution in [0.4, 0.5) is 5.69 Å². The number of anilines is 1. The van der Waals surface area contributed by atoms with Gasteiger partial charge in [-0.3, -0.25) is 4.79 Å². The summed E-state index contributed by atoms with van der Waals surface area (Å²) in [6.07, 6.45) is 0. The molecule has 0 atom stereocenters. The minimum Gasteiger partial charge on any atom is -0.379 e. The number of morpholine rings is 1. The summed E-state index contributed by atoms with van der Waals surface area (Å²) < 4.78 is 31.6. The van der Waals surface area contributed by atoms with E-state index in [1.807, 2.05) is 0 Å². The van der Waals surface area contributed by atoms with E-state index in [2.05, 4.69) is 17.9 Å². The first-order chi connectivity index (χ1) is 9.95. The Kier molecular flexibility index (Phi) is 5.50. The first kappa shape index (κ1) is 16.6. The molecule has 1 amide bonds. The maximum absolute atomic E-state index is 12.6. The van der Waals surface area contributed by atoms with Crippen LogP contribution in [-0.2, 0) is 19.6 Å². The molecule has 9 heteroatoms. The SMILES string of the molecule is O=C(CS)Nc1ccc(Cl)c(S(=O)(=O)N2CCOCC2)c1. The van der Waals surface area contributed by atoms with E-state index in [-0.39, 0.29) is 34.7 Å². The highest BCUT2D eigenvalue weighted by Crippen LogP contribution is 2.28. The Morgan fingerprint density at radius 2 is 2.05 bits per heavy atom. The van der Waals surface area contributed by atoms with Gasteiger partial charge in [-0.15, -0.1) is 0 Å². The molecule has 1 N–H and O–H groups in total. The molecule has 1 saturated heterocycles. The molecule has 2 rings (SSSR count). The van der Waals surface area contributed by atoms with Gasteiger partial charge in [-0.2, -0.15) is 16.9 Å². The third-order valence-corrected chi connectivity index (χ3v) is 5.61. The van der Waals surface area contributed by atoms with Crippen molar-refractivity contribution in [3.05, 3.63) is 23.2 Å². The van der Waals surface area contributed by atoms with Crippen molar-refractivity contribution in [2.24, 2.45) is 0 Å². The van der Waals surface area contributed by atoms with Gasteiger partial charge in [0.15, 0.2) is 0 Å². The summed E-state index contributed by atoms with van der Waals surface area (Å²) in [5.74, 6) is -0.316. The summed E-state index contributed by atoms with van der Waals surface area (Å²) in [6, 6.07) is 4.35. The van der Waals surface area contributed by atoms with Crippen LogP contribution in [0.15, 0.2) is 23.1 Å². The Morgan fingerprint density at radius 1 is 1.38 bits per heavy atom. The maximum Gasteiger partial charge on any atom is 0.244 e. The van der Waals surface area contributed by atoms with Crippen molar-refractivity contribution in [2.45, 2.75) is 4.90 Å². The zero-order chi connectivity index (χ0) is 15.5. The quantitative estimate of drug-likeness (QED) is 0.801. The third kappa shape index (κ3) is 3.89. The molecule has 1 fully saturated rings. The molecule has 21 heavy (non-hydrogen) atoms. The van der Waals surface area contributed by atoms with Crippen LogP contribution in [0.25, 0.3) is 0 Å². The molecule has 0 saturated carbocycles. The Bertz CT molecular complexity index is 630. The van der Waals surface area contributed by atoms with Gasteiger partial charge in [0.25, 0.3) is 0 Å². The molecular formula is C12H15ClN2O4S2. The van der Waals surface area contributed by atoms with E-state index in [1.165, 1.54) is 16.4 Å². The summed E-state index contributed by atoms with van der Waals surface area (Å²) in [7, 11) is -3.71. The first-order valence-corrected chi connectivity index (χ1v) is 8.68. The van der Waals surface area contributed by atoms with Gasteiger partial charge in [-0.05, 0) is 18.2 Å². The minimum atomic E-state index is -3.71. The van der Waals surface area contributed by atoms with Crippen LogP contribution < -0.4 is 5.32 Å². The summed E-state index contributed by atoms with van der Waals surface area (Å²) >= 11 is 9.86. The molecule has 0 bridgehead atoms. The van der Waals surface area contributed by atoms with Crippen molar-refractivity contribution in [2.75, 3.05) is 37.4 Å². The van der Waals surface area contributed by atoms with Gasteiger partial charge >= 0.3 is 0 Å². The number of nitrogens with one attached hydrogen (secondary N) is 1. The largest absolute Gasteiger partial charge is 0.379 e. The second-order valence-electron chi connectivity index (χ2n) is 4.37. The number of amides is 1. The summed E-state index contributed by atoms with van der Waals surface area (Å²) in [5, 5.41) is 2.67. The number of rotatable bonds is 4. The third-order valence-electron chi connectivity index (χ3n) is 2.95. The lowest BCUT2D eigenvalue weighted by Crippen LogP contribution is -2.40. The van der Waals surface area contributed by atoms with Gasteiger partial charge < -0.3 is 10.1 Å². The highest BCUT2D eigenvalue weighted by atomic mass is 35.5. The molecule has 6 nitrogen and oxygen atoms in total. The number of carbonyl (C=O) groups excluding carboxylic acids is 1. The number of carbonyl (C=O) groups is 1. The Balaban J connectivity index is 2.33. The summed E-state index contributed by atoms with van der Waals surface area (Å²) in [6.45, 7) is 1.28. The topological polar surface area (TPSA) is 75.7 Å². The number of hydrogen-bond donors (Lipinski definition) is 2. The van der Waals surface area contributed by atoms with Crippen molar-refractivity contribution in [1.82, 2.24) is 4.31 Å². The Labute approximate surface area is 133 Å². The standard InChI is InChI=1S/C12H15ClN2O4S2/c13-10-2-1-9(14-12(16)8-20)7-11(10)21(17,18)15-3-5-19-6-4-15/h1-2,7,20H,3-6,8H2,(H,14,16). The fourth-order valence-electron chi connectivity index (χ4n) is 1.91. The maximum atomic E-state index is 12.6. The monoisotopic (exact) mass is 350 g/mol. The smallest absolute Gasteiger partial charge is 0.244 e. The average molecular weight is 351 g/mol. The number of benzene rings is 1. The molecule has 1 aromatic rings. The number of hydrogen-bond acceptors (Lipinski definition) is 5. The van der Waals surface area contributed by atoms with Gasteiger partial charge in [0.2, 0.25) is 15.9 Å². The zero-order valence-electron chi connectivity index (χ0n) is 11.1. The minimum absolute atomic E-state index is 0.00811. The lowest BCUT2D eigenvalue weighted by Gasteiger charge is -2.26. The summed E-state index contributed by atoms with van der Waals surface area (Å²) in [4.78, 5) is 11.3. The van der Waals surface area contributed by atoms with Gasteiger partial charge in [-0.1, -0.05) is 11.6 Å². The van der Waals surface area contributed by atoms with Crippen LogP contribution >= 0.6 is 24.2 Å². The molecule has 1 aliphatic heterocycles. The number of nitrogens with zero attached hydrogens (tertiary/aromatic N) is 1. The Morgan fingerprint density at radius 3 is 2.67 bits per heavy atom. The van der Waals surface area contributed by atoms with E-state index >= 15 is 0 Å². The fourth-order valence-corrected chi connectivity index (χ4v) is 3.89. The fraction of sp³-hybridized carbons (Fsp3) is 0.417. The van der Waals surface area contributed by atoms with Crippen LogP contribution in [0.5, 0.6) is 0 Å². The zero-order valence-corrected chi connectivity index (χ0v) is 13.5.